The minimum Gasteiger partial charge on any atom is -0.481 e. The largest absolute Gasteiger partial charge is 0.481 e. The third-order valence-corrected chi connectivity index (χ3v) is 2.79. The first-order valence-corrected chi connectivity index (χ1v) is 5.57. The Balaban J connectivity index is 2.38. The van der Waals surface area contributed by atoms with Crippen molar-refractivity contribution in [3.05, 3.63) is 35.9 Å². The molecule has 0 saturated heterocycles. The van der Waals surface area contributed by atoms with Gasteiger partial charge in [0.2, 0.25) is 5.88 Å². The first-order chi connectivity index (χ1) is 8.65. The minimum absolute atomic E-state index is 0.486. The summed E-state index contributed by atoms with van der Waals surface area (Å²) in [7, 11) is 1.55. The number of ether oxygens (including phenoxy) is 1. The molecule has 0 aliphatic rings. The third-order valence-electron chi connectivity index (χ3n) is 2.79. The van der Waals surface area contributed by atoms with E-state index in [1.165, 1.54) is 0 Å². The molecule has 5 heteroatoms. The van der Waals surface area contributed by atoms with Crippen molar-refractivity contribution in [1.82, 2.24) is 4.98 Å². The summed E-state index contributed by atoms with van der Waals surface area (Å²) in [6, 6.07) is 8.67. The standard InChI is InChI=1S/C13H15NO4/c1-18-12-5-3-8-6-9(2-4-10(8)14-12)13(17)11(16)7-15/h2-6,11,13,15-17H,7H2,1H3. The van der Waals surface area contributed by atoms with E-state index < -0.39 is 18.8 Å². The van der Waals surface area contributed by atoms with Crippen LogP contribution in [-0.4, -0.2) is 40.1 Å². The highest BCUT2D eigenvalue weighted by atomic mass is 16.5. The molecule has 2 atom stereocenters. The summed E-state index contributed by atoms with van der Waals surface area (Å²) in [6.45, 7) is -0.486. The molecule has 0 aliphatic heterocycles. The maximum atomic E-state index is 9.79. The Labute approximate surface area is 104 Å². The van der Waals surface area contributed by atoms with Crippen molar-refractivity contribution < 1.29 is 20.1 Å². The van der Waals surface area contributed by atoms with E-state index in [0.717, 1.165) is 10.9 Å². The molecule has 2 rings (SSSR count). The van der Waals surface area contributed by atoms with Gasteiger partial charge in [-0.2, -0.15) is 0 Å². The van der Waals surface area contributed by atoms with Crippen LogP contribution in [-0.2, 0) is 0 Å². The Kier molecular flexibility index (Phi) is 3.76. The lowest BCUT2D eigenvalue weighted by Gasteiger charge is -2.16. The third kappa shape index (κ3) is 2.43. The molecule has 96 valence electrons. The van der Waals surface area contributed by atoms with Crippen LogP contribution in [0.1, 0.15) is 11.7 Å². The number of benzene rings is 1. The number of aliphatic hydroxyl groups excluding tert-OH is 3. The lowest BCUT2D eigenvalue weighted by atomic mass is 10.0. The highest BCUT2D eigenvalue weighted by Gasteiger charge is 2.17. The Morgan fingerprint density at radius 3 is 2.67 bits per heavy atom. The second-order valence-electron chi connectivity index (χ2n) is 4.00. The summed E-state index contributed by atoms with van der Waals surface area (Å²) in [5.74, 6) is 0.520. The zero-order valence-corrected chi connectivity index (χ0v) is 9.95. The van der Waals surface area contributed by atoms with E-state index in [2.05, 4.69) is 4.98 Å². The molecule has 2 unspecified atom stereocenters. The molecule has 0 fully saturated rings. The number of nitrogens with zero attached hydrogens (tertiary/aromatic N) is 1. The fraction of sp³-hybridized carbons (Fsp3) is 0.308. The zero-order valence-electron chi connectivity index (χ0n) is 9.95. The molecule has 0 bridgehead atoms. The van der Waals surface area contributed by atoms with Crippen LogP contribution in [0, 0.1) is 0 Å². The topological polar surface area (TPSA) is 82.8 Å². The molecule has 0 spiro atoms. The van der Waals surface area contributed by atoms with Crippen molar-refractivity contribution >= 4 is 10.9 Å². The van der Waals surface area contributed by atoms with Crippen LogP contribution in [0.5, 0.6) is 5.88 Å². The Hall–Kier alpha value is -1.69. The van der Waals surface area contributed by atoms with Gasteiger partial charge in [-0.1, -0.05) is 6.07 Å². The zero-order chi connectivity index (χ0) is 13.1. The van der Waals surface area contributed by atoms with Crippen LogP contribution >= 0.6 is 0 Å². The highest BCUT2D eigenvalue weighted by Crippen LogP contribution is 2.23. The van der Waals surface area contributed by atoms with Crippen molar-refractivity contribution in [2.75, 3.05) is 13.7 Å². The van der Waals surface area contributed by atoms with E-state index in [0.29, 0.717) is 11.4 Å². The maximum absolute atomic E-state index is 9.79. The van der Waals surface area contributed by atoms with E-state index in [1.54, 1.807) is 31.4 Å². The van der Waals surface area contributed by atoms with Crippen LogP contribution < -0.4 is 4.74 Å². The van der Waals surface area contributed by atoms with Crippen LogP contribution in [0.25, 0.3) is 10.9 Å². The fourth-order valence-electron chi connectivity index (χ4n) is 1.75. The van der Waals surface area contributed by atoms with E-state index in [4.69, 9.17) is 9.84 Å². The van der Waals surface area contributed by atoms with Gasteiger partial charge in [0.25, 0.3) is 0 Å². The van der Waals surface area contributed by atoms with Gasteiger partial charge < -0.3 is 20.1 Å². The Bertz CT molecular complexity index is 544. The molecule has 1 aromatic heterocycles. The predicted molar refractivity (Wildman–Crippen MR) is 66.3 cm³/mol. The van der Waals surface area contributed by atoms with Crippen molar-refractivity contribution in [3.8, 4) is 5.88 Å². The molecule has 2 aromatic rings. The quantitative estimate of drug-likeness (QED) is 0.740. The summed E-state index contributed by atoms with van der Waals surface area (Å²) < 4.78 is 5.02. The maximum Gasteiger partial charge on any atom is 0.213 e. The molecule has 3 N–H and O–H groups in total. The number of hydrogen-bond acceptors (Lipinski definition) is 5. The highest BCUT2D eigenvalue weighted by molar-refractivity contribution is 5.79. The Morgan fingerprint density at radius 1 is 1.22 bits per heavy atom. The molecular weight excluding hydrogens is 234 g/mol. The summed E-state index contributed by atoms with van der Waals surface area (Å²) in [5.41, 5.74) is 1.28. The first kappa shape index (κ1) is 12.8. The van der Waals surface area contributed by atoms with E-state index in [9.17, 15) is 10.2 Å². The number of aliphatic hydroxyl groups is 3. The summed E-state index contributed by atoms with van der Waals surface area (Å²) in [5, 5.41) is 28.8. The smallest absolute Gasteiger partial charge is 0.213 e. The van der Waals surface area contributed by atoms with E-state index in [1.807, 2.05) is 6.07 Å². The number of fused-ring (bicyclic) bond motifs is 1. The number of pyridine rings is 1. The van der Waals surface area contributed by atoms with Crippen molar-refractivity contribution in [1.29, 1.82) is 0 Å². The second kappa shape index (κ2) is 5.30. The molecular formula is C13H15NO4. The van der Waals surface area contributed by atoms with Gasteiger partial charge in [-0.3, -0.25) is 0 Å². The lowest BCUT2D eigenvalue weighted by Crippen LogP contribution is -2.21. The van der Waals surface area contributed by atoms with Gasteiger partial charge in [-0.05, 0) is 23.8 Å². The fourth-order valence-corrected chi connectivity index (χ4v) is 1.75. The molecule has 0 aliphatic carbocycles. The Morgan fingerprint density at radius 2 is 2.00 bits per heavy atom. The van der Waals surface area contributed by atoms with Gasteiger partial charge in [0.05, 0.1) is 19.2 Å². The number of hydrogen-bond donors (Lipinski definition) is 3. The average Bonchev–Trinajstić information content (AvgIpc) is 2.44. The van der Waals surface area contributed by atoms with E-state index >= 15 is 0 Å². The summed E-state index contributed by atoms with van der Waals surface area (Å²) in [6.07, 6.45) is -2.30. The minimum atomic E-state index is -1.19. The molecule has 5 nitrogen and oxygen atoms in total. The lowest BCUT2D eigenvalue weighted by molar-refractivity contribution is -0.0152. The molecule has 0 amide bonds. The van der Waals surface area contributed by atoms with Gasteiger partial charge in [-0.15, -0.1) is 0 Å². The van der Waals surface area contributed by atoms with Gasteiger partial charge in [-0.25, -0.2) is 4.98 Å². The molecule has 0 saturated carbocycles. The number of aromatic nitrogens is 1. The van der Waals surface area contributed by atoms with Crippen LogP contribution in [0.2, 0.25) is 0 Å². The van der Waals surface area contributed by atoms with Gasteiger partial charge >= 0.3 is 0 Å². The van der Waals surface area contributed by atoms with Crippen molar-refractivity contribution in [2.24, 2.45) is 0 Å². The van der Waals surface area contributed by atoms with Crippen molar-refractivity contribution in [3.63, 3.8) is 0 Å². The van der Waals surface area contributed by atoms with Crippen LogP contribution in [0.3, 0.4) is 0 Å². The van der Waals surface area contributed by atoms with Crippen LogP contribution in [0.15, 0.2) is 30.3 Å². The summed E-state index contributed by atoms with van der Waals surface area (Å²) in [4.78, 5) is 4.24. The van der Waals surface area contributed by atoms with Gasteiger partial charge in [0.1, 0.15) is 12.2 Å². The molecule has 18 heavy (non-hydrogen) atoms. The molecule has 1 heterocycles. The predicted octanol–water partition coefficient (Wildman–Crippen LogP) is 0.630. The van der Waals surface area contributed by atoms with Gasteiger partial charge in [0.15, 0.2) is 0 Å². The second-order valence-corrected chi connectivity index (χ2v) is 4.00. The van der Waals surface area contributed by atoms with E-state index in [-0.39, 0.29) is 0 Å². The van der Waals surface area contributed by atoms with Crippen molar-refractivity contribution in [2.45, 2.75) is 12.2 Å². The normalized spacial score (nSPS) is 14.4. The van der Waals surface area contributed by atoms with Gasteiger partial charge in [0, 0.05) is 11.5 Å². The van der Waals surface area contributed by atoms with Crippen LogP contribution in [0.4, 0.5) is 0 Å². The SMILES string of the molecule is COc1ccc2cc(C(O)C(O)CO)ccc2n1. The summed E-state index contributed by atoms with van der Waals surface area (Å²) >= 11 is 0. The number of methoxy groups -OCH3 is 1. The monoisotopic (exact) mass is 249 g/mol. The average molecular weight is 249 g/mol. The molecule has 0 radical (unpaired) electrons. The first-order valence-electron chi connectivity index (χ1n) is 5.57. The number of rotatable bonds is 4. The molecule has 1 aromatic carbocycles.